The van der Waals surface area contributed by atoms with E-state index in [9.17, 15) is 0 Å². The van der Waals surface area contributed by atoms with Gasteiger partial charge in [-0.1, -0.05) is 6.92 Å². The van der Waals surface area contributed by atoms with E-state index in [1.807, 2.05) is 0 Å². The van der Waals surface area contributed by atoms with E-state index in [0.717, 1.165) is 39.3 Å². The monoisotopic (exact) mass is 258 g/mol. The summed E-state index contributed by atoms with van der Waals surface area (Å²) >= 11 is 0. The van der Waals surface area contributed by atoms with Crippen LogP contribution in [0.4, 0.5) is 0 Å². The lowest BCUT2D eigenvalue weighted by molar-refractivity contribution is -0.102. The second-order valence-electron chi connectivity index (χ2n) is 5.15. The van der Waals surface area contributed by atoms with Crippen LogP contribution in [-0.4, -0.2) is 75.8 Å². The van der Waals surface area contributed by atoms with E-state index in [0.29, 0.717) is 13.2 Å². The predicted molar refractivity (Wildman–Crippen MR) is 69.9 cm³/mol. The van der Waals surface area contributed by atoms with Gasteiger partial charge in [-0.15, -0.1) is 0 Å². The van der Waals surface area contributed by atoms with Crippen LogP contribution < -0.4 is 5.32 Å². The molecule has 0 aromatic heterocycles. The van der Waals surface area contributed by atoms with Gasteiger partial charge in [0.2, 0.25) is 0 Å². The van der Waals surface area contributed by atoms with Crippen LogP contribution >= 0.6 is 0 Å². The summed E-state index contributed by atoms with van der Waals surface area (Å²) in [6.07, 6.45) is 0.682. The maximum Gasteiger partial charge on any atom is 0.0936 e. The number of hydrogen-bond donors (Lipinski definition) is 1. The lowest BCUT2D eigenvalue weighted by Crippen LogP contribution is -2.47. The van der Waals surface area contributed by atoms with Crippen molar-refractivity contribution in [3.63, 3.8) is 0 Å². The van der Waals surface area contributed by atoms with Crippen molar-refractivity contribution in [3.05, 3.63) is 0 Å². The zero-order valence-corrected chi connectivity index (χ0v) is 11.6. The summed E-state index contributed by atoms with van der Waals surface area (Å²) in [5, 5.41) is 3.34. The van der Waals surface area contributed by atoms with Gasteiger partial charge in [-0.2, -0.15) is 0 Å². The molecule has 2 saturated heterocycles. The molecule has 1 N–H and O–H groups in total. The topological polar surface area (TPSA) is 43.0 Å². The third-order valence-corrected chi connectivity index (χ3v) is 3.51. The average molecular weight is 258 g/mol. The van der Waals surface area contributed by atoms with E-state index < -0.39 is 0 Å². The Bertz CT molecular complexity index is 240. The van der Waals surface area contributed by atoms with Gasteiger partial charge >= 0.3 is 0 Å². The lowest BCUT2D eigenvalue weighted by Gasteiger charge is -2.33. The number of rotatable bonds is 5. The van der Waals surface area contributed by atoms with Crippen LogP contribution in [0.5, 0.6) is 0 Å². The molecular formula is C13H26N2O3. The highest BCUT2D eigenvalue weighted by molar-refractivity contribution is 4.73. The van der Waals surface area contributed by atoms with Crippen molar-refractivity contribution in [1.82, 2.24) is 10.2 Å². The molecule has 18 heavy (non-hydrogen) atoms. The molecule has 0 saturated carbocycles. The molecule has 0 radical (unpaired) electrons. The quantitative estimate of drug-likeness (QED) is 0.758. The van der Waals surface area contributed by atoms with Crippen LogP contribution in [-0.2, 0) is 14.2 Å². The third kappa shape index (κ3) is 4.48. The first-order valence-corrected chi connectivity index (χ1v) is 7.05. The van der Waals surface area contributed by atoms with Gasteiger partial charge in [-0.25, -0.2) is 0 Å². The number of nitrogens with zero attached hydrogens (tertiary/aromatic N) is 1. The van der Waals surface area contributed by atoms with Crippen LogP contribution in [0.1, 0.15) is 13.8 Å². The van der Waals surface area contributed by atoms with E-state index in [-0.39, 0.29) is 18.3 Å². The molecular weight excluding hydrogens is 232 g/mol. The molecule has 3 atom stereocenters. The van der Waals surface area contributed by atoms with E-state index >= 15 is 0 Å². The zero-order chi connectivity index (χ0) is 12.8. The SMILES string of the molecule is CCN1CCOC(COCC2CNCC(C)O2)C1. The van der Waals surface area contributed by atoms with Crippen LogP contribution in [0.15, 0.2) is 0 Å². The first-order chi connectivity index (χ1) is 8.78. The summed E-state index contributed by atoms with van der Waals surface area (Å²) in [6, 6.07) is 0. The normalized spacial score (nSPS) is 34.7. The molecule has 0 bridgehead atoms. The van der Waals surface area contributed by atoms with Crippen LogP contribution in [0.25, 0.3) is 0 Å². The molecule has 0 aromatic carbocycles. The van der Waals surface area contributed by atoms with Crippen molar-refractivity contribution in [2.75, 3.05) is 52.5 Å². The maximum atomic E-state index is 5.78. The molecule has 0 aliphatic carbocycles. The van der Waals surface area contributed by atoms with Crippen LogP contribution in [0.2, 0.25) is 0 Å². The third-order valence-electron chi connectivity index (χ3n) is 3.51. The van der Waals surface area contributed by atoms with Gasteiger partial charge in [-0.3, -0.25) is 4.90 Å². The first-order valence-electron chi connectivity index (χ1n) is 7.05. The van der Waals surface area contributed by atoms with Crippen molar-refractivity contribution in [2.24, 2.45) is 0 Å². The van der Waals surface area contributed by atoms with Gasteiger partial charge in [0.25, 0.3) is 0 Å². The molecule has 2 rings (SSSR count). The molecule has 5 heteroatoms. The fraction of sp³-hybridized carbons (Fsp3) is 1.00. The van der Waals surface area contributed by atoms with Crippen LogP contribution in [0, 0.1) is 0 Å². The molecule has 2 aliphatic rings. The highest BCUT2D eigenvalue weighted by Crippen LogP contribution is 2.07. The first kappa shape index (κ1) is 14.2. The molecule has 2 heterocycles. The summed E-state index contributed by atoms with van der Waals surface area (Å²) in [4.78, 5) is 2.40. The Morgan fingerprint density at radius 1 is 1.28 bits per heavy atom. The minimum absolute atomic E-state index is 0.180. The second kappa shape index (κ2) is 7.40. The number of hydrogen-bond acceptors (Lipinski definition) is 5. The molecule has 0 aromatic rings. The number of nitrogens with one attached hydrogen (secondary N) is 1. The molecule has 106 valence electrons. The Hall–Kier alpha value is -0.200. The lowest BCUT2D eigenvalue weighted by atomic mass is 10.2. The number of morpholine rings is 2. The number of ether oxygens (including phenoxy) is 3. The summed E-state index contributed by atoms with van der Waals surface area (Å²) < 4.78 is 17.2. The predicted octanol–water partition coefficient (Wildman–Crippen LogP) is 0.101. The largest absolute Gasteiger partial charge is 0.376 e. The Balaban J connectivity index is 1.59. The maximum absolute atomic E-state index is 5.78. The molecule has 2 fully saturated rings. The fourth-order valence-electron chi connectivity index (χ4n) is 2.47. The van der Waals surface area contributed by atoms with Crippen molar-refractivity contribution in [3.8, 4) is 0 Å². The summed E-state index contributed by atoms with van der Waals surface area (Å²) in [6.45, 7) is 11.4. The highest BCUT2D eigenvalue weighted by atomic mass is 16.6. The Labute approximate surface area is 110 Å². The molecule has 3 unspecified atom stereocenters. The van der Waals surface area contributed by atoms with Gasteiger partial charge in [0, 0.05) is 26.2 Å². The minimum atomic E-state index is 0.180. The standard InChI is InChI=1S/C13H26N2O3/c1-3-15-4-5-17-13(8-15)10-16-9-12-7-14-6-11(2)18-12/h11-14H,3-10H2,1-2H3. The van der Waals surface area contributed by atoms with Crippen molar-refractivity contribution in [1.29, 1.82) is 0 Å². The molecule has 5 nitrogen and oxygen atoms in total. The van der Waals surface area contributed by atoms with Gasteiger partial charge in [0.1, 0.15) is 0 Å². The van der Waals surface area contributed by atoms with Crippen molar-refractivity contribution in [2.45, 2.75) is 32.2 Å². The summed E-state index contributed by atoms with van der Waals surface area (Å²) in [5.41, 5.74) is 0. The van der Waals surface area contributed by atoms with E-state index in [2.05, 4.69) is 24.1 Å². The zero-order valence-electron chi connectivity index (χ0n) is 11.6. The van der Waals surface area contributed by atoms with Crippen molar-refractivity contribution >= 4 is 0 Å². The van der Waals surface area contributed by atoms with Gasteiger partial charge in [0.05, 0.1) is 38.1 Å². The molecule has 2 aliphatic heterocycles. The average Bonchev–Trinajstić information content (AvgIpc) is 2.39. The van der Waals surface area contributed by atoms with E-state index in [4.69, 9.17) is 14.2 Å². The van der Waals surface area contributed by atoms with Crippen LogP contribution in [0.3, 0.4) is 0 Å². The van der Waals surface area contributed by atoms with Crippen molar-refractivity contribution < 1.29 is 14.2 Å². The van der Waals surface area contributed by atoms with Gasteiger partial charge in [-0.05, 0) is 13.5 Å². The Morgan fingerprint density at radius 3 is 2.89 bits per heavy atom. The van der Waals surface area contributed by atoms with E-state index in [1.165, 1.54) is 0 Å². The second-order valence-corrected chi connectivity index (χ2v) is 5.15. The van der Waals surface area contributed by atoms with E-state index in [1.54, 1.807) is 0 Å². The molecule has 0 spiro atoms. The van der Waals surface area contributed by atoms with Gasteiger partial charge < -0.3 is 19.5 Å². The smallest absolute Gasteiger partial charge is 0.0936 e. The Morgan fingerprint density at radius 2 is 2.11 bits per heavy atom. The summed E-state index contributed by atoms with van der Waals surface area (Å²) in [5.74, 6) is 0. The number of likely N-dealkylation sites (N-methyl/N-ethyl adjacent to an activating group) is 1. The molecule has 0 amide bonds. The minimum Gasteiger partial charge on any atom is -0.376 e. The Kier molecular flexibility index (Phi) is 5.85. The fourth-order valence-corrected chi connectivity index (χ4v) is 2.47. The summed E-state index contributed by atoms with van der Waals surface area (Å²) in [7, 11) is 0. The van der Waals surface area contributed by atoms with Gasteiger partial charge in [0.15, 0.2) is 0 Å². The highest BCUT2D eigenvalue weighted by Gasteiger charge is 2.22.